The van der Waals surface area contributed by atoms with Crippen LogP contribution >= 0.6 is 0 Å². The lowest BCUT2D eigenvalue weighted by molar-refractivity contribution is -0.159. The summed E-state index contributed by atoms with van der Waals surface area (Å²) in [6.45, 7) is -1.90. The second-order valence-corrected chi connectivity index (χ2v) is 5.05. The molecule has 5 nitrogen and oxygen atoms in total. The Morgan fingerprint density at radius 3 is 2.15 bits per heavy atom. The molecule has 0 atom stereocenters. The van der Waals surface area contributed by atoms with Crippen LogP contribution in [0.15, 0.2) is 30.5 Å². The molecule has 0 aliphatic carbocycles. The molecule has 0 aliphatic rings. The van der Waals surface area contributed by atoms with Crippen LogP contribution in [-0.4, -0.2) is 36.9 Å². The van der Waals surface area contributed by atoms with Crippen LogP contribution in [0, 0.1) is 0 Å². The molecular weight excluding hydrogens is 368 g/mol. The first-order chi connectivity index (χ1) is 12.0. The van der Waals surface area contributed by atoms with Crippen LogP contribution < -0.4 is 14.4 Å². The molecule has 0 amide bonds. The Hall–Kier alpha value is -2.72. The number of anilines is 2. The van der Waals surface area contributed by atoms with Crippen LogP contribution in [0.5, 0.6) is 11.6 Å². The number of hydrogen-bond acceptors (Lipinski definition) is 5. The van der Waals surface area contributed by atoms with Gasteiger partial charge in [0.2, 0.25) is 11.8 Å². The first-order valence-electron chi connectivity index (χ1n) is 7.03. The molecule has 0 aliphatic heterocycles. The molecule has 0 saturated carbocycles. The van der Waals surface area contributed by atoms with Crippen LogP contribution in [0.25, 0.3) is 0 Å². The van der Waals surface area contributed by atoms with Gasteiger partial charge < -0.3 is 14.4 Å². The summed E-state index contributed by atoms with van der Waals surface area (Å²) in [5, 5.41) is 0. The molecule has 26 heavy (non-hydrogen) atoms. The van der Waals surface area contributed by atoms with E-state index in [9.17, 15) is 26.3 Å². The van der Waals surface area contributed by atoms with Crippen molar-refractivity contribution in [3.8, 4) is 11.6 Å². The van der Waals surface area contributed by atoms with Crippen LogP contribution in [0.3, 0.4) is 0 Å². The van der Waals surface area contributed by atoms with E-state index in [1.165, 1.54) is 19.1 Å². The highest BCUT2D eigenvalue weighted by Gasteiger charge is 2.38. The Bertz CT molecular complexity index is 747. The van der Waals surface area contributed by atoms with E-state index in [2.05, 4.69) is 14.7 Å². The summed E-state index contributed by atoms with van der Waals surface area (Å²) in [4.78, 5) is 8.37. The van der Waals surface area contributed by atoms with E-state index in [0.717, 1.165) is 0 Å². The van der Waals surface area contributed by atoms with E-state index in [0.29, 0.717) is 17.6 Å². The maximum Gasteiger partial charge on any atom is 0.423 e. The standard InChI is InChI=1S/C15H13F6N3O2/c1-24(9-3-5-10(25-2)6-4-9)13-22-7-11(15(19,20)21)12(23-13)26-8-14(16,17)18/h3-7H,8H2,1-2H3. The molecule has 0 saturated heterocycles. The van der Waals surface area contributed by atoms with Crippen molar-refractivity contribution in [3.63, 3.8) is 0 Å². The van der Waals surface area contributed by atoms with E-state index >= 15 is 0 Å². The van der Waals surface area contributed by atoms with Gasteiger partial charge in [-0.25, -0.2) is 4.98 Å². The van der Waals surface area contributed by atoms with Crippen molar-refractivity contribution in [1.82, 2.24) is 9.97 Å². The van der Waals surface area contributed by atoms with Gasteiger partial charge in [-0.2, -0.15) is 31.3 Å². The Balaban J connectivity index is 2.36. The first-order valence-corrected chi connectivity index (χ1v) is 7.03. The van der Waals surface area contributed by atoms with Crippen molar-refractivity contribution < 1.29 is 35.8 Å². The van der Waals surface area contributed by atoms with Crippen molar-refractivity contribution in [2.24, 2.45) is 0 Å². The van der Waals surface area contributed by atoms with Gasteiger partial charge in [0, 0.05) is 18.9 Å². The van der Waals surface area contributed by atoms with Gasteiger partial charge in [-0.15, -0.1) is 0 Å². The van der Waals surface area contributed by atoms with E-state index in [4.69, 9.17) is 4.74 Å². The first kappa shape index (κ1) is 19.6. The highest BCUT2D eigenvalue weighted by Crippen LogP contribution is 2.36. The molecule has 2 rings (SSSR count). The van der Waals surface area contributed by atoms with Gasteiger partial charge in [-0.3, -0.25) is 0 Å². The van der Waals surface area contributed by atoms with Crippen LogP contribution in [0.1, 0.15) is 5.56 Å². The number of alkyl halides is 6. The predicted octanol–water partition coefficient (Wildman–Crippen LogP) is 4.21. The monoisotopic (exact) mass is 381 g/mol. The second-order valence-electron chi connectivity index (χ2n) is 5.05. The lowest BCUT2D eigenvalue weighted by Gasteiger charge is -2.20. The Morgan fingerprint density at radius 1 is 1.04 bits per heavy atom. The fourth-order valence-electron chi connectivity index (χ4n) is 1.89. The van der Waals surface area contributed by atoms with Gasteiger partial charge in [-0.1, -0.05) is 0 Å². The zero-order valence-electron chi connectivity index (χ0n) is 13.5. The molecule has 0 radical (unpaired) electrons. The summed E-state index contributed by atoms with van der Waals surface area (Å²) in [7, 11) is 2.90. The molecule has 1 aromatic heterocycles. The second kappa shape index (κ2) is 7.26. The maximum atomic E-state index is 12.9. The topological polar surface area (TPSA) is 47.5 Å². The summed E-state index contributed by atoms with van der Waals surface area (Å²) in [6.07, 6.45) is -9.39. The van der Waals surface area contributed by atoms with Gasteiger partial charge in [0.25, 0.3) is 0 Å². The van der Waals surface area contributed by atoms with Crippen molar-refractivity contribution in [3.05, 3.63) is 36.0 Å². The van der Waals surface area contributed by atoms with E-state index in [1.807, 2.05) is 0 Å². The average molecular weight is 381 g/mol. The fourth-order valence-corrected chi connectivity index (χ4v) is 1.89. The highest BCUT2D eigenvalue weighted by atomic mass is 19.4. The van der Waals surface area contributed by atoms with Crippen LogP contribution in [0.4, 0.5) is 38.0 Å². The fraction of sp³-hybridized carbons (Fsp3) is 0.333. The summed E-state index contributed by atoms with van der Waals surface area (Å²) < 4.78 is 84.9. The van der Waals surface area contributed by atoms with E-state index in [-0.39, 0.29) is 5.95 Å². The maximum absolute atomic E-state index is 12.9. The third-order valence-corrected chi connectivity index (χ3v) is 3.18. The normalized spacial score (nSPS) is 12.0. The minimum atomic E-state index is -4.96. The largest absolute Gasteiger partial charge is 0.497 e. The lowest BCUT2D eigenvalue weighted by Crippen LogP contribution is -2.23. The van der Waals surface area contributed by atoms with Crippen molar-refractivity contribution in [2.75, 3.05) is 25.7 Å². The van der Waals surface area contributed by atoms with E-state index in [1.54, 1.807) is 24.3 Å². The molecule has 142 valence electrons. The van der Waals surface area contributed by atoms with Crippen LogP contribution in [0.2, 0.25) is 0 Å². The van der Waals surface area contributed by atoms with Gasteiger partial charge in [-0.05, 0) is 24.3 Å². The Labute approximate surface area is 144 Å². The summed E-state index contributed by atoms with van der Waals surface area (Å²) >= 11 is 0. The molecule has 0 N–H and O–H groups in total. The summed E-state index contributed by atoms with van der Waals surface area (Å²) in [5.74, 6) is -0.912. The molecule has 2 aromatic rings. The zero-order chi connectivity index (χ0) is 19.5. The number of nitrogens with zero attached hydrogens (tertiary/aromatic N) is 3. The van der Waals surface area contributed by atoms with Gasteiger partial charge >= 0.3 is 12.4 Å². The molecule has 0 fully saturated rings. The molecule has 0 unspecified atom stereocenters. The zero-order valence-corrected chi connectivity index (χ0v) is 13.5. The smallest absolute Gasteiger partial charge is 0.423 e. The summed E-state index contributed by atoms with van der Waals surface area (Å²) in [6, 6.07) is 6.35. The number of benzene rings is 1. The number of aromatic nitrogens is 2. The third-order valence-electron chi connectivity index (χ3n) is 3.18. The Kier molecular flexibility index (Phi) is 5.47. The number of hydrogen-bond donors (Lipinski definition) is 0. The molecule has 1 heterocycles. The SMILES string of the molecule is COc1ccc(N(C)c2ncc(C(F)(F)F)c(OCC(F)(F)F)n2)cc1. The number of methoxy groups -OCH3 is 1. The minimum absolute atomic E-state index is 0.264. The lowest BCUT2D eigenvalue weighted by atomic mass is 10.3. The average Bonchev–Trinajstić information content (AvgIpc) is 2.57. The van der Waals surface area contributed by atoms with Gasteiger partial charge in [0.15, 0.2) is 6.61 Å². The van der Waals surface area contributed by atoms with Gasteiger partial charge in [0.1, 0.15) is 11.3 Å². The molecule has 1 aromatic carbocycles. The Morgan fingerprint density at radius 2 is 1.65 bits per heavy atom. The van der Waals surface area contributed by atoms with Crippen LogP contribution in [-0.2, 0) is 6.18 Å². The van der Waals surface area contributed by atoms with E-state index < -0.39 is 30.4 Å². The third kappa shape index (κ3) is 4.90. The summed E-state index contributed by atoms with van der Waals surface area (Å²) in [5.41, 5.74) is -1.01. The van der Waals surface area contributed by atoms with Gasteiger partial charge in [0.05, 0.1) is 7.11 Å². The minimum Gasteiger partial charge on any atom is -0.497 e. The number of ether oxygens (including phenoxy) is 2. The number of rotatable bonds is 5. The van der Waals surface area contributed by atoms with Crippen molar-refractivity contribution in [2.45, 2.75) is 12.4 Å². The van der Waals surface area contributed by atoms with Crippen molar-refractivity contribution in [1.29, 1.82) is 0 Å². The molecule has 0 spiro atoms. The number of halogens is 6. The van der Waals surface area contributed by atoms with Crippen molar-refractivity contribution >= 4 is 11.6 Å². The molecule has 11 heteroatoms. The predicted molar refractivity (Wildman–Crippen MR) is 79.6 cm³/mol. The highest BCUT2D eigenvalue weighted by molar-refractivity contribution is 5.58. The molecule has 0 bridgehead atoms. The molecular formula is C15H13F6N3O2. The quantitative estimate of drug-likeness (QED) is 0.726.